The summed E-state index contributed by atoms with van der Waals surface area (Å²) in [5.41, 5.74) is 6.68. The summed E-state index contributed by atoms with van der Waals surface area (Å²) in [5.74, 6) is -2.19. The van der Waals surface area contributed by atoms with Gasteiger partial charge in [0, 0.05) is 29.3 Å². The van der Waals surface area contributed by atoms with Gasteiger partial charge in [0.1, 0.15) is 0 Å². The molecule has 0 bridgehead atoms. The van der Waals surface area contributed by atoms with E-state index in [2.05, 4.69) is 5.32 Å². The summed E-state index contributed by atoms with van der Waals surface area (Å²) in [6.07, 6.45) is 0. The van der Waals surface area contributed by atoms with Crippen LogP contribution in [0, 0.1) is 15.5 Å². The van der Waals surface area contributed by atoms with Crippen molar-refractivity contribution >= 4 is 47.0 Å². The molecule has 1 heterocycles. The van der Waals surface area contributed by atoms with Crippen molar-refractivity contribution in [2.75, 3.05) is 19.5 Å². The van der Waals surface area contributed by atoms with Crippen molar-refractivity contribution < 1.29 is 24.0 Å². The van der Waals surface area contributed by atoms with E-state index in [1.165, 1.54) is 25.3 Å². The largest absolute Gasteiger partial charge is 0.466 e. The molecule has 1 aliphatic rings. The number of methoxy groups -OCH3 is 1. The maximum Gasteiger partial charge on any atom is 0.336 e. The number of rotatable bonds is 7. The molecule has 0 spiro atoms. The minimum absolute atomic E-state index is 0. The second-order valence-electron chi connectivity index (χ2n) is 6.21. The highest BCUT2D eigenvalue weighted by molar-refractivity contribution is 8.13. The van der Waals surface area contributed by atoms with Gasteiger partial charge < -0.3 is 20.5 Å². The molecule has 0 aromatic heterocycles. The van der Waals surface area contributed by atoms with Gasteiger partial charge in [0.25, 0.3) is 5.69 Å². The van der Waals surface area contributed by atoms with Crippen LogP contribution < -0.4 is 11.1 Å². The monoisotopic (exact) mass is 470 g/mol. The van der Waals surface area contributed by atoms with Gasteiger partial charge in [-0.2, -0.15) is 0 Å². The predicted octanol–water partition coefficient (Wildman–Crippen LogP) is 2.59. The number of nitrogens with zero attached hydrogens (tertiary/aromatic N) is 1. The van der Waals surface area contributed by atoms with Crippen LogP contribution in [0.2, 0.25) is 0 Å². The maximum absolute atomic E-state index is 12.9. The number of carbonyl (C=O) groups excluding carboxylic acids is 2. The number of non-ortho nitro benzene ring substituents is 1. The number of hydrogen-bond donors (Lipinski definition) is 3. The molecule has 0 amide bonds. The molecule has 0 radical (unpaired) electrons. The molecule has 1 aromatic carbocycles. The van der Waals surface area contributed by atoms with E-state index >= 15 is 0 Å². The van der Waals surface area contributed by atoms with E-state index in [9.17, 15) is 19.7 Å². The number of nitro benzene ring substituents is 1. The lowest BCUT2D eigenvalue weighted by Gasteiger charge is -2.31. The van der Waals surface area contributed by atoms with E-state index in [-0.39, 0.29) is 46.8 Å². The number of nitrogens with one attached hydrogen (secondary N) is 2. The minimum atomic E-state index is -0.958. The topological polar surface area (TPSA) is 158 Å². The van der Waals surface area contributed by atoms with Crippen LogP contribution in [0.1, 0.15) is 25.3 Å². The Morgan fingerprint density at radius 2 is 2.00 bits per heavy atom. The van der Waals surface area contributed by atoms with Gasteiger partial charge in [0.15, 0.2) is 5.17 Å². The fourth-order valence-electron chi connectivity index (χ4n) is 3.14. The number of esters is 2. The van der Waals surface area contributed by atoms with Crippen LogP contribution in [0.5, 0.6) is 0 Å². The van der Waals surface area contributed by atoms with Crippen LogP contribution in [0.15, 0.2) is 46.8 Å². The summed E-state index contributed by atoms with van der Waals surface area (Å²) < 4.78 is 10.1. The lowest BCUT2D eigenvalue weighted by atomic mass is 9.80. The van der Waals surface area contributed by atoms with Gasteiger partial charge in [-0.1, -0.05) is 23.9 Å². The summed E-state index contributed by atoms with van der Waals surface area (Å²) in [6, 6.07) is 5.70. The highest BCUT2D eigenvalue weighted by Gasteiger charge is 2.39. The number of allylic oxidation sites excluding steroid dienone is 1. The molecule has 4 N–H and O–H groups in total. The summed E-state index contributed by atoms with van der Waals surface area (Å²) in [4.78, 5) is 36.2. The van der Waals surface area contributed by atoms with Gasteiger partial charge in [-0.05, 0) is 19.4 Å². The van der Waals surface area contributed by atoms with E-state index in [1.807, 2.05) is 0 Å². The van der Waals surface area contributed by atoms with Crippen LogP contribution in [-0.4, -0.2) is 41.5 Å². The molecule has 1 atom stereocenters. The Balaban J connectivity index is 0.00000480. The molecule has 0 saturated heterocycles. The van der Waals surface area contributed by atoms with Gasteiger partial charge in [0.05, 0.1) is 35.7 Å². The SMILES string of the molecule is CCOC(=O)C1=C(CSC(=N)N)NC(C)=C(C(=O)OC)C1c1cccc([N+](=O)[O-])c1.Cl. The number of hydrogen-bond acceptors (Lipinski definition) is 9. The fraction of sp³-hybridized carbons (Fsp3) is 0.316. The van der Waals surface area contributed by atoms with Gasteiger partial charge in [-0.3, -0.25) is 15.5 Å². The third-order valence-electron chi connectivity index (χ3n) is 4.33. The van der Waals surface area contributed by atoms with E-state index < -0.39 is 22.8 Å². The minimum Gasteiger partial charge on any atom is -0.466 e. The highest BCUT2D eigenvalue weighted by atomic mass is 35.5. The van der Waals surface area contributed by atoms with Crippen LogP contribution >= 0.6 is 24.2 Å². The van der Waals surface area contributed by atoms with Crippen molar-refractivity contribution in [1.82, 2.24) is 5.32 Å². The van der Waals surface area contributed by atoms with E-state index in [0.29, 0.717) is 17.0 Å². The van der Waals surface area contributed by atoms with Crippen molar-refractivity contribution in [3.05, 3.63) is 62.5 Å². The standard InChI is InChI=1S/C19H22N4O6S.ClH/c1-4-29-18(25)16-13(9-30-19(20)21)22-10(2)14(17(24)28-3)15(16)11-6-5-7-12(8-11)23(26)27;/h5-8,15,22H,4,9H2,1-3H3,(H3,20,21);1H. The van der Waals surface area contributed by atoms with Crippen molar-refractivity contribution in [1.29, 1.82) is 5.41 Å². The quantitative estimate of drug-likeness (QED) is 0.179. The van der Waals surface area contributed by atoms with Gasteiger partial charge in [0.2, 0.25) is 0 Å². The molecule has 2 rings (SSSR count). The summed E-state index contributed by atoms with van der Waals surface area (Å²) in [6.45, 7) is 3.37. The molecule has 0 aliphatic carbocycles. The van der Waals surface area contributed by atoms with Crippen molar-refractivity contribution in [2.45, 2.75) is 19.8 Å². The zero-order valence-corrected chi connectivity index (χ0v) is 18.7. The Bertz CT molecular complexity index is 962. The fourth-order valence-corrected chi connectivity index (χ4v) is 3.67. The third kappa shape index (κ3) is 5.98. The molecule has 10 nitrogen and oxygen atoms in total. The highest BCUT2D eigenvalue weighted by Crippen LogP contribution is 2.40. The molecule has 0 saturated carbocycles. The van der Waals surface area contributed by atoms with Crippen LogP contribution in [0.4, 0.5) is 5.69 Å². The Kier molecular flexibility index (Phi) is 9.53. The summed E-state index contributed by atoms with van der Waals surface area (Å²) in [5, 5.41) is 21.6. The molecule has 168 valence electrons. The number of halogens is 1. The normalized spacial score (nSPS) is 15.5. The molecule has 1 aromatic rings. The first-order valence-electron chi connectivity index (χ1n) is 8.88. The molecule has 1 aliphatic heterocycles. The number of amidine groups is 1. The van der Waals surface area contributed by atoms with Gasteiger partial charge in [-0.25, -0.2) is 9.59 Å². The number of nitrogens with two attached hydrogens (primary N) is 1. The Morgan fingerprint density at radius 1 is 1.32 bits per heavy atom. The first kappa shape index (κ1) is 26.0. The van der Waals surface area contributed by atoms with Gasteiger partial charge >= 0.3 is 11.9 Å². The van der Waals surface area contributed by atoms with Gasteiger partial charge in [-0.15, -0.1) is 12.4 Å². The third-order valence-corrected chi connectivity index (χ3v) is 5.08. The average Bonchev–Trinajstić information content (AvgIpc) is 2.71. The molecular formula is C19H23ClN4O6S. The molecule has 31 heavy (non-hydrogen) atoms. The first-order chi connectivity index (χ1) is 14.2. The van der Waals surface area contributed by atoms with Crippen LogP contribution in [-0.2, 0) is 19.1 Å². The van der Waals surface area contributed by atoms with Crippen LogP contribution in [0.3, 0.4) is 0 Å². The van der Waals surface area contributed by atoms with Crippen molar-refractivity contribution in [3.8, 4) is 0 Å². The zero-order valence-electron chi connectivity index (χ0n) is 17.1. The van der Waals surface area contributed by atoms with Crippen LogP contribution in [0.25, 0.3) is 0 Å². The lowest BCUT2D eigenvalue weighted by molar-refractivity contribution is -0.384. The van der Waals surface area contributed by atoms with E-state index in [4.69, 9.17) is 20.6 Å². The predicted molar refractivity (Wildman–Crippen MR) is 119 cm³/mol. The smallest absolute Gasteiger partial charge is 0.336 e. The second-order valence-corrected chi connectivity index (χ2v) is 7.22. The molecule has 0 fully saturated rings. The van der Waals surface area contributed by atoms with Crippen molar-refractivity contribution in [3.63, 3.8) is 0 Å². The number of carbonyl (C=O) groups is 2. The summed E-state index contributed by atoms with van der Waals surface area (Å²) in [7, 11) is 1.21. The molecule has 12 heteroatoms. The first-order valence-corrected chi connectivity index (χ1v) is 9.87. The summed E-state index contributed by atoms with van der Waals surface area (Å²) >= 11 is 0.986. The Labute approximate surface area is 189 Å². The number of thioether (sulfide) groups is 1. The number of dihydropyridines is 1. The number of benzene rings is 1. The number of ether oxygens (including phenoxy) is 2. The maximum atomic E-state index is 12.9. The zero-order chi connectivity index (χ0) is 22.4. The van der Waals surface area contributed by atoms with Crippen molar-refractivity contribution in [2.24, 2.45) is 5.73 Å². The molecule has 1 unspecified atom stereocenters. The Morgan fingerprint density at radius 3 is 2.55 bits per heavy atom. The molecular weight excluding hydrogens is 448 g/mol. The van der Waals surface area contributed by atoms with E-state index in [0.717, 1.165) is 11.8 Å². The number of nitro groups is 1. The second kappa shape index (κ2) is 11.4. The van der Waals surface area contributed by atoms with E-state index in [1.54, 1.807) is 19.9 Å². The average molecular weight is 471 g/mol. The Hall–Kier alpha value is -3.05. The lowest BCUT2D eigenvalue weighted by Crippen LogP contribution is -2.34.